The molecule has 0 atom stereocenters. The summed E-state index contributed by atoms with van der Waals surface area (Å²) in [5.74, 6) is 0.0100. The quantitative estimate of drug-likeness (QED) is 0.722. The molecule has 4 heteroatoms. The van der Waals surface area contributed by atoms with Gasteiger partial charge >= 0.3 is 0 Å². The molecule has 28 heavy (non-hydrogen) atoms. The molecule has 1 aromatic carbocycles. The lowest BCUT2D eigenvalue weighted by atomic mass is 9.95. The highest BCUT2D eigenvalue weighted by Crippen LogP contribution is 2.30. The molecule has 4 nitrogen and oxygen atoms in total. The third kappa shape index (κ3) is 3.72. The summed E-state index contributed by atoms with van der Waals surface area (Å²) in [6, 6.07) is 12.5. The standard InChI is InChI=1S/C24H27N3O/c1-17-7-9-20(10-8-17)16-27-22-6-4-3-5-21(22)18(2)23(27)24(28)26-15-19-11-13-25-14-12-19/h7-14H,3-6,15-16H2,1-2H3,(H,26,28). The zero-order valence-corrected chi connectivity index (χ0v) is 16.7. The third-order valence-electron chi connectivity index (χ3n) is 5.72. The fourth-order valence-corrected chi connectivity index (χ4v) is 4.18. The predicted molar refractivity (Wildman–Crippen MR) is 111 cm³/mol. The first-order chi connectivity index (χ1) is 13.6. The van der Waals surface area contributed by atoms with E-state index in [0.717, 1.165) is 36.2 Å². The Morgan fingerprint density at radius 2 is 1.71 bits per heavy atom. The molecule has 1 amide bonds. The van der Waals surface area contributed by atoms with Gasteiger partial charge in [-0.05, 0) is 73.9 Å². The number of fused-ring (bicyclic) bond motifs is 1. The minimum absolute atomic E-state index is 0.0100. The summed E-state index contributed by atoms with van der Waals surface area (Å²) in [6.07, 6.45) is 8.05. The molecule has 0 saturated heterocycles. The Hall–Kier alpha value is -2.88. The fraction of sp³-hybridized carbons (Fsp3) is 0.333. The van der Waals surface area contributed by atoms with Crippen LogP contribution in [0, 0.1) is 13.8 Å². The molecule has 144 valence electrons. The Morgan fingerprint density at radius 1 is 1.00 bits per heavy atom. The second-order valence-electron chi connectivity index (χ2n) is 7.72. The summed E-state index contributed by atoms with van der Waals surface area (Å²) in [7, 11) is 0. The van der Waals surface area contributed by atoms with Gasteiger partial charge in [-0.15, -0.1) is 0 Å². The molecule has 0 radical (unpaired) electrons. The van der Waals surface area contributed by atoms with Crippen LogP contribution >= 0.6 is 0 Å². The van der Waals surface area contributed by atoms with Gasteiger partial charge in [0.05, 0.1) is 0 Å². The number of hydrogen-bond acceptors (Lipinski definition) is 2. The maximum Gasteiger partial charge on any atom is 0.268 e. The monoisotopic (exact) mass is 373 g/mol. The Morgan fingerprint density at radius 3 is 2.46 bits per heavy atom. The number of carbonyl (C=O) groups is 1. The molecular formula is C24H27N3O. The van der Waals surface area contributed by atoms with Gasteiger partial charge in [-0.2, -0.15) is 0 Å². The summed E-state index contributed by atoms with van der Waals surface area (Å²) in [5.41, 5.74) is 8.24. The first kappa shape index (κ1) is 18.5. The number of rotatable bonds is 5. The highest BCUT2D eigenvalue weighted by Gasteiger charge is 2.26. The van der Waals surface area contributed by atoms with Crippen molar-refractivity contribution in [3.8, 4) is 0 Å². The summed E-state index contributed by atoms with van der Waals surface area (Å²) in [6.45, 7) is 5.47. The molecule has 0 saturated carbocycles. The van der Waals surface area contributed by atoms with Gasteiger partial charge < -0.3 is 9.88 Å². The molecule has 1 aliphatic rings. The molecule has 0 fully saturated rings. The Balaban J connectivity index is 1.65. The minimum Gasteiger partial charge on any atom is -0.347 e. The van der Waals surface area contributed by atoms with Crippen molar-refractivity contribution < 1.29 is 4.79 Å². The molecular weight excluding hydrogens is 346 g/mol. The molecule has 2 aromatic heterocycles. The molecule has 4 rings (SSSR count). The molecule has 1 N–H and O–H groups in total. The minimum atomic E-state index is 0.0100. The van der Waals surface area contributed by atoms with Crippen LogP contribution in [-0.4, -0.2) is 15.5 Å². The van der Waals surface area contributed by atoms with Crippen molar-refractivity contribution in [2.24, 2.45) is 0 Å². The average molecular weight is 374 g/mol. The van der Waals surface area contributed by atoms with Gasteiger partial charge in [-0.1, -0.05) is 29.8 Å². The number of aromatic nitrogens is 2. The van der Waals surface area contributed by atoms with Crippen LogP contribution in [0.25, 0.3) is 0 Å². The topological polar surface area (TPSA) is 46.9 Å². The van der Waals surface area contributed by atoms with E-state index in [2.05, 4.69) is 53.0 Å². The molecule has 0 unspecified atom stereocenters. The zero-order chi connectivity index (χ0) is 19.5. The maximum atomic E-state index is 13.2. The lowest BCUT2D eigenvalue weighted by Gasteiger charge is -2.17. The van der Waals surface area contributed by atoms with E-state index < -0.39 is 0 Å². The molecule has 1 aliphatic carbocycles. The number of aryl methyl sites for hydroxylation is 1. The van der Waals surface area contributed by atoms with E-state index in [9.17, 15) is 4.79 Å². The largest absolute Gasteiger partial charge is 0.347 e. The first-order valence-corrected chi connectivity index (χ1v) is 10.1. The molecule has 0 spiro atoms. The van der Waals surface area contributed by atoms with Crippen LogP contribution in [0.1, 0.15) is 56.8 Å². The number of pyridine rings is 1. The fourth-order valence-electron chi connectivity index (χ4n) is 4.18. The first-order valence-electron chi connectivity index (χ1n) is 10.1. The highest BCUT2D eigenvalue weighted by atomic mass is 16.1. The summed E-state index contributed by atoms with van der Waals surface area (Å²) in [4.78, 5) is 17.2. The van der Waals surface area contributed by atoms with E-state index in [1.54, 1.807) is 12.4 Å². The number of nitrogens with zero attached hydrogens (tertiary/aromatic N) is 2. The van der Waals surface area contributed by atoms with E-state index in [4.69, 9.17) is 0 Å². The Kier molecular flexibility index (Phi) is 5.29. The van der Waals surface area contributed by atoms with Gasteiger partial charge in [0.1, 0.15) is 5.69 Å². The van der Waals surface area contributed by atoms with Gasteiger partial charge in [0, 0.05) is 31.2 Å². The lowest BCUT2D eigenvalue weighted by molar-refractivity contribution is 0.0941. The van der Waals surface area contributed by atoms with E-state index in [-0.39, 0.29) is 5.91 Å². The molecule has 3 aromatic rings. The maximum absolute atomic E-state index is 13.2. The SMILES string of the molecule is Cc1ccc(Cn2c3c(c(C)c2C(=O)NCc2ccncc2)CCCC3)cc1. The highest BCUT2D eigenvalue weighted by molar-refractivity contribution is 5.95. The normalized spacial score (nSPS) is 13.2. The van der Waals surface area contributed by atoms with Crippen LogP contribution in [0.15, 0.2) is 48.8 Å². The molecule has 0 aliphatic heterocycles. The smallest absolute Gasteiger partial charge is 0.268 e. The average Bonchev–Trinajstić information content (AvgIpc) is 3.01. The number of nitrogens with one attached hydrogen (secondary N) is 1. The lowest BCUT2D eigenvalue weighted by Crippen LogP contribution is -2.27. The van der Waals surface area contributed by atoms with Crippen LogP contribution in [0.5, 0.6) is 0 Å². The number of hydrogen-bond donors (Lipinski definition) is 1. The van der Waals surface area contributed by atoms with Crippen LogP contribution in [0.3, 0.4) is 0 Å². The summed E-state index contributed by atoms with van der Waals surface area (Å²) < 4.78 is 2.26. The van der Waals surface area contributed by atoms with E-state index in [0.29, 0.717) is 6.54 Å². The molecule has 0 bridgehead atoms. The van der Waals surface area contributed by atoms with Crippen molar-refractivity contribution in [1.29, 1.82) is 0 Å². The van der Waals surface area contributed by atoms with Crippen molar-refractivity contribution in [1.82, 2.24) is 14.9 Å². The summed E-state index contributed by atoms with van der Waals surface area (Å²) >= 11 is 0. The van der Waals surface area contributed by atoms with Crippen molar-refractivity contribution in [3.05, 3.63) is 88.0 Å². The van der Waals surface area contributed by atoms with E-state index in [1.807, 2.05) is 12.1 Å². The number of carbonyl (C=O) groups excluding carboxylic acids is 1. The number of amides is 1. The zero-order valence-electron chi connectivity index (χ0n) is 16.7. The van der Waals surface area contributed by atoms with E-state index in [1.165, 1.54) is 35.2 Å². The van der Waals surface area contributed by atoms with Crippen molar-refractivity contribution >= 4 is 5.91 Å². The second-order valence-corrected chi connectivity index (χ2v) is 7.72. The van der Waals surface area contributed by atoms with Gasteiger partial charge in [0.25, 0.3) is 5.91 Å². The number of benzene rings is 1. The van der Waals surface area contributed by atoms with E-state index >= 15 is 0 Å². The summed E-state index contributed by atoms with van der Waals surface area (Å²) in [5, 5.41) is 3.11. The molecule has 2 heterocycles. The van der Waals surface area contributed by atoms with Crippen molar-refractivity contribution in [3.63, 3.8) is 0 Å². The van der Waals surface area contributed by atoms with Crippen LogP contribution < -0.4 is 5.32 Å². The Bertz CT molecular complexity index is 971. The van der Waals surface area contributed by atoms with Crippen LogP contribution in [-0.2, 0) is 25.9 Å². The third-order valence-corrected chi connectivity index (χ3v) is 5.72. The second kappa shape index (κ2) is 8.01. The van der Waals surface area contributed by atoms with Gasteiger partial charge in [0.2, 0.25) is 0 Å². The van der Waals surface area contributed by atoms with Gasteiger partial charge in [0.15, 0.2) is 0 Å². The Labute approximate surface area is 166 Å². The predicted octanol–water partition coefficient (Wildman–Crippen LogP) is 4.36. The van der Waals surface area contributed by atoms with Crippen molar-refractivity contribution in [2.75, 3.05) is 0 Å². The van der Waals surface area contributed by atoms with Crippen LogP contribution in [0.4, 0.5) is 0 Å². The van der Waals surface area contributed by atoms with Gasteiger partial charge in [-0.25, -0.2) is 0 Å². The van der Waals surface area contributed by atoms with Crippen LogP contribution in [0.2, 0.25) is 0 Å². The van der Waals surface area contributed by atoms with Crippen molar-refractivity contribution in [2.45, 2.75) is 52.6 Å². The van der Waals surface area contributed by atoms with Gasteiger partial charge in [-0.3, -0.25) is 9.78 Å².